The van der Waals surface area contributed by atoms with Crippen molar-refractivity contribution in [1.29, 1.82) is 0 Å². The number of hydrogen-bond donors (Lipinski definition) is 1. The number of carbonyl (C=O) groups excluding carboxylic acids is 1. The summed E-state index contributed by atoms with van der Waals surface area (Å²) in [5.41, 5.74) is 0.245. The van der Waals surface area contributed by atoms with E-state index in [1.54, 1.807) is 0 Å². The zero-order valence-electron chi connectivity index (χ0n) is 10.1. The fourth-order valence-electron chi connectivity index (χ4n) is 1.44. The van der Waals surface area contributed by atoms with E-state index < -0.39 is 5.97 Å². The van der Waals surface area contributed by atoms with Gasteiger partial charge in [-0.05, 0) is 18.6 Å². The Balaban J connectivity index is 2.88. The lowest BCUT2D eigenvalue weighted by Crippen LogP contribution is -2.32. The van der Waals surface area contributed by atoms with Gasteiger partial charge in [0.05, 0.1) is 12.1 Å². The first-order valence-corrected chi connectivity index (χ1v) is 5.52. The first kappa shape index (κ1) is 13.7. The third-order valence-electron chi connectivity index (χ3n) is 2.29. The number of nitrogens with zero attached hydrogens (tertiary/aromatic N) is 2. The number of rotatable bonds is 5. The van der Waals surface area contributed by atoms with Gasteiger partial charge >= 0.3 is 5.97 Å². The molecular weight excluding hydrogens is 232 g/mol. The maximum absolute atomic E-state index is 12.0. The maximum atomic E-state index is 12.0. The summed E-state index contributed by atoms with van der Waals surface area (Å²) in [6.45, 7) is 2.71. The topological polar surface area (TPSA) is 70.5 Å². The van der Waals surface area contributed by atoms with Crippen LogP contribution in [-0.2, 0) is 0 Å². The highest BCUT2D eigenvalue weighted by atomic mass is 16.4. The van der Waals surface area contributed by atoms with Crippen molar-refractivity contribution in [3.8, 4) is 12.3 Å². The van der Waals surface area contributed by atoms with E-state index in [1.807, 2.05) is 6.92 Å². The summed E-state index contributed by atoms with van der Waals surface area (Å²) in [6.07, 6.45) is 7.15. The molecule has 18 heavy (non-hydrogen) atoms. The molecule has 1 aromatic heterocycles. The molecule has 0 saturated heterocycles. The number of carbonyl (C=O) groups is 2. The van der Waals surface area contributed by atoms with Gasteiger partial charge < -0.3 is 10.0 Å². The average molecular weight is 246 g/mol. The lowest BCUT2D eigenvalue weighted by atomic mass is 10.2. The number of terminal acetylenes is 1. The monoisotopic (exact) mass is 246 g/mol. The summed E-state index contributed by atoms with van der Waals surface area (Å²) in [5.74, 6) is 1.06. The van der Waals surface area contributed by atoms with E-state index in [4.69, 9.17) is 11.5 Å². The Morgan fingerprint density at radius 1 is 1.50 bits per heavy atom. The molecule has 1 rings (SSSR count). The standard InChI is InChI=1S/C13H14N2O3/c1-3-7-15(8-4-2)12(16)11-6-5-10(9-14-11)13(17)18/h1,5-6,9H,4,7-8H2,2H3,(H,17,18). The first-order valence-electron chi connectivity index (χ1n) is 5.52. The Morgan fingerprint density at radius 2 is 2.22 bits per heavy atom. The predicted molar refractivity (Wildman–Crippen MR) is 66.2 cm³/mol. The Morgan fingerprint density at radius 3 is 2.67 bits per heavy atom. The van der Waals surface area contributed by atoms with Crippen molar-refractivity contribution in [2.75, 3.05) is 13.1 Å². The van der Waals surface area contributed by atoms with Crippen LogP contribution in [0.5, 0.6) is 0 Å². The van der Waals surface area contributed by atoms with Gasteiger partial charge in [0.2, 0.25) is 0 Å². The molecular formula is C13H14N2O3. The molecule has 5 nitrogen and oxygen atoms in total. The van der Waals surface area contributed by atoms with Gasteiger partial charge in [-0.15, -0.1) is 6.42 Å². The SMILES string of the molecule is C#CCN(CCC)C(=O)c1ccc(C(=O)O)cn1. The molecule has 94 valence electrons. The van der Waals surface area contributed by atoms with Gasteiger partial charge in [-0.2, -0.15) is 0 Å². The largest absolute Gasteiger partial charge is 0.478 e. The van der Waals surface area contributed by atoms with Gasteiger partial charge in [0.1, 0.15) is 5.69 Å². The number of carboxylic acids is 1. The third kappa shape index (κ3) is 3.32. The predicted octanol–water partition coefficient (Wildman–Crippen LogP) is 1.27. The highest BCUT2D eigenvalue weighted by Gasteiger charge is 2.15. The van der Waals surface area contributed by atoms with Gasteiger partial charge in [0, 0.05) is 12.7 Å². The number of carboxylic acid groups (broad SMARTS) is 1. The Hall–Kier alpha value is -2.35. The molecule has 1 aromatic rings. The summed E-state index contributed by atoms with van der Waals surface area (Å²) in [5, 5.41) is 8.73. The zero-order valence-corrected chi connectivity index (χ0v) is 10.1. The molecule has 5 heteroatoms. The molecule has 0 bridgehead atoms. The van der Waals surface area contributed by atoms with Crippen LogP contribution in [0.15, 0.2) is 18.3 Å². The number of aromatic carboxylic acids is 1. The van der Waals surface area contributed by atoms with Crippen molar-refractivity contribution in [3.63, 3.8) is 0 Å². The smallest absolute Gasteiger partial charge is 0.337 e. The molecule has 1 heterocycles. The van der Waals surface area contributed by atoms with Crippen LogP contribution in [-0.4, -0.2) is 40.0 Å². The van der Waals surface area contributed by atoms with Crippen LogP contribution < -0.4 is 0 Å². The van der Waals surface area contributed by atoms with Crippen LogP contribution in [0.4, 0.5) is 0 Å². The molecule has 0 unspecified atom stereocenters. The maximum Gasteiger partial charge on any atom is 0.337 e. The fraction of sp³-hybridized carbons (Fsp3) is 0.308. The van der Waals surface area contributed by atoms with Crippen molar-refractivity contribution < 1.29 is 14.7 Å². The minimum absolute atomic E-state index is 0.0468. The summed E-state index contributed by atoms with van der Waals surface area (Å²) >= 11 is 0. The molecule has 0 aliphatic heterocycles. The molecule has 0 saturated carbocycles. The van der Waals surface area contributed by atoms with Crippen molar-refractivity contribution in [1.82, 2.24) is 9.88 Å². The molecule has 0 aromatic carbocycles. The first-order chi connectivity index (χ1) is 8.60. The molecule has 1 N–H and O–H groups in total. The van der Waals surface area contributed by atoms with Gasteiger partial charge in [0.25, 0.3) is 5.91 Å². The van der Waals surface area contributed by atoms with E-state index in [9.17, 15) is 9.59 Å². The number of aromatic nitrogens is 1. The second kappa shape index (κ2) is 6.40. The number of hydrogen-bond acceptors (Lipinski definition) is 3. The van der Waals surface area contributed by atoms with Crippen LogP contribution in [0.2, 0.25) is 0 Å². The van der Waals surface area contributed by atoms with E-state index in [0.717, 1.165) is 12.6 Å². The second-order valence-corrected chi connectivity index (χ2v) is 3.67. The lowest BCUT2D eigenvalue weighted by Gasteiger charge is -2.18. The normalized spacial score (nSPS) is 9.56. The Labute approximate surface area is 105 Å². The van der Waals surface area contributed by atoms with Crippen molar-refractivity contribution >= 4 is 11.9 Å². The molecule has 0 aliphatic carbocycles. The van der Waals surface area contributed by atoms with Gasteiger partial charge in [-0.3, -0.25) is 9.78 Å². The fourth-order valence-corrected chi connectivity index (χ4v) is 1.44. The molecule has 1 amide bonds. The van der Waals surface area contributed by atoms with Crippen LogP contribution >= 0.6 is 0 Å². The molecule has 0 fully saturated rings. The number of pyridine rings is 1. The van der Waals surface area contributed by atoms with E-state index in [0.29, 0.717) is 6.54 Å². The highest BCUT2D eigenvalue weighted by Crippen LogP contribution is 2.05. The average Bonchev–Trinajstić information content (AvgIpc) is 2.38. The van der Waals surface area contributed by atoms with Crippen LogP contribution in [0, 0.1) is 12.3 Å². The number of amides is 1. The summed E-state index contributed by atoms with van der Waals surface area (Å²) in [4.78, 5) is 28.0. The third-order valence-corrected chi connectivity index (χ3v) is 2.29. The molecule has 0 radical (unpaired) electrons. The van der Waals surface area contributed by atoms with Gasteiger partial charge in [-0.25, -0.2) is 4.79 Å². The second-order valence-electron chi connectivity index (χ2n) is 3.67. The molecule has 0 atom stereocenters. The quantitative estimate of drug-likeness (QED) is 0.794. The Kier molecular flexibility index (Phi) is 4.88. The highest BCUT2D eigenvalue weighted by molar-refractivity contribution is 5.93. The minimum atomic E-state index is -1.07. The molecule has 0 spiro atoms. The molecule has 0 aliphatic rings. The van der Waals surface area contributed by atoms with Gasteiger partial charge in [0.15, 0.2) is 0 Å². The van der Waals surface area contributed by atoms with Crippen molar-refractivity contribution in [2.45, 2.75) is 13.3 Å². The van der Waals surface area contributed by atoms with E-state index in [-0.39, 0.29) is 23.7 Å². The summed E-state index contributed by atoms with van der Waals surface area (Å²) < 4.78 is 0. The van der Waals surface area contributed by atoms with Crippen molar-refractivity contribution in [2.24, 2.45) is 0 Å². The Bertz CT molecular complexity index is 474. The van der Waals surface area contributed by atoms with E-state index >= 15 is 0 Å². The van der Waals surface area contributed by atoms with Gasteiger partial charge in [-0.1, -0.05) is 12.8 Å². The van der Waals surface area contributed by atoms with Crippen LogP contribution in [0.1, 0.15) is 34.2 Å². The van der Waals surface area contributed by atoms with E-state index in [1.165, 1.54) is 17.0 Å². The summed E-state index contributed by atoms with van der Waals surface area (Å²) in [6, 6.07) is 2.74. The summed E-state index contributed by atoms with van der Waals surface area (Å²) in [7, 11) is 0. The minimum Gasteiger partial charge on any atom is -0.478 e. The zero-order chi connectivity index (χ0) is 13.5. The van der Waals surface area contributed by atoms with E-state index in [2.05, 4.69) is 10.9 Å². The lowest BCUT2D eigenvalue weighted by molar-refractivity contribution is 0.0693. The van der Waals surface area contributed by atoms with Crippen LogP contribution in [0.25, 0.3) is 0 Å². The van der Waals surface area contributed by atoms with Crippen LogP contribution in [0.3, 0.4) is 0 Å². The van der Waals surface area contributed by atoms with Crippen molar-refractivity contribution in [3.05, 3.63) is 29.6 Å².